The lowest BCUT2D eigenvalue weighted by Gasteiger charge is -2.25. The topological polar surface area (TPSA) is 257 Å². The summed E-state index contributed by atoms with van der Waals surface area (Å²) in [5, 5.41) is 13.8. The van der Waals surface area contributed by atoms with Crippen molar-refractivity contribution in [3.63, 3.8) is 0 Å². The normalized spacial score (nSPS) is 30.0. The van der Waals surface area contributed by atoms with E-state index in [4.69, 9.17) is 14.5 Å². The van der Waals surface area contributed by atoms with Crippen molar-refractivity contribution in [2.45, 2.75) is 44.1 Å². The molecule has 17 nitrogen and oxygen atoms in total. The van der Waals surface area contributed by atoms with Crippen molar-refractivity contribution >= 4 is 23.5 Å². The van der Waals surface area contributed by atoms with Gasteiger partial charge in [0, 0.05) is 0 Å². The highest BCUT2D eigenvalue weighted by atomic mass is 31.3. The van der Waals surface area contributed by atoms with Gasteiger partial charge < -0.3 is 29.4 Å². The molecule has 0 bridgehead atoms. The largest absolute Gasteiger partial charge is 0.490 e. The number of halogens is 1. The van der Waals surface area contributed by atoms with Gasteiger partial charge in [0.15, 0.2) is 0 Å². The Bertz CT molecular complexity index is 1220. The van der Waals surface area contributed by atoms with E-state index in [9.17, 15) is 38.2 Å². The second-order valence-electron chi connectivity index (χ2n) is 6.33. The molecule has 2 heterocycles. The van der Waals surface area contributed by atoms with E-state index in [2.05, 4.69) is 24.2 Å². The van der Waals surface area contributed by atoms with Crippen LogP contribution >= 0.6 is 23.5 Å². The highest BCUT2D eigenvalue weighted by Gasteiger charge is 2.60. The molecule has 33 heavy (non-hydrogen) atoms. The molecule has 0 saturated carbocycles. The van der Waals surface area contributed by atoms with E-state index in [-0.39, 0.29) is 0 Å². The molecular formula is C12H17FN3O14P3. The van der Waals surface area contributed by atoms with Gasteiger partial charge in [-0.15, -0.1) is 5.92 Å². The first-order valence-corrected chi connectivity index (χ1v) is 12.9. The summed E-state index contributed by atoms with van der Waals surface area (Å²) in [6.45, 7) is 2.09. The van der Waals surface area contributed by atoms with Gasteiger partial charge >= 0.3 is 29.2 Å². The molecule has 186 valence electrons. The van der Waals surface area contributed by atoms with Crippen LogP contribution in [0.15, 0.2) is 15.8 Å². The summed E-state index contributed by atoms with van der Waals surface area (Å²) in [6, 6.07) is 0. The lowest BCUT2D eigenvalue weighted by atomic mass is 9.94. The number of nitrogens with zero attached hydrogens (tertiary/aromatic N) is 2. The number of H-pyrrole nitrogens is 1. The van der Waals surface area contributed by atoms with Crippen LogP contribution in [0.3, 0.4) is 0 Å². The number of aliphatic hydroxyl groups is 1. The number of phosphoric acid groups is 3. The van der Waals surface area contributed by atoms with Crippen molar-refractivity contribution in [2.75, 3.05) is 0 Å². The first-order valence-electron chi connectivity index (χ1n) is 8.37. The number of alkyl halides is 1. The molecule has 3 unspecified atom stereocenters. The van der Waals surface area contributed by atoms with Gasteiger partial charge in [-0.3, -0.25) is 14.3 Å². The number of ether oxygens (including phenoxy) is 1. The van der Waals surface area contributed by atoms with Crippen molar-refractivity contribution in [2.24, 2.45) is 0 Å². The van der Waals surface area contributed by atoms with Gasteiger partial charge in [0.25, 0.3) is 5.56 Å². The fourth-order valence-electron chi connectivity index (χ4n) is 2.74. The monoisotopic (exact) mass is 539 g/mol. The van der Waals surface area contributed by atoms with Gasteiger partial charge in [0.05, 0.1) is 6.10 Å². The fourth-order valence-corrected chi connectivity index (χ4v) is 5.94. The van der Waals surface area contributed by atoms with Crippen LogP contribution in [0.1, 0.15) is 20.1 Å². The molecule has 0 aromatic carbocycles. The second-order valence-corrected chi connectivity index (χ2v) is 10.7. The maximum absolute atomic E-state index is 15.6. The number of rotatable bonds is 8. The summed E-state index contributed by atoms with van der Waals surface area (Å²) in [7, 11) is -17.1. The summed E-state index contributed by atoms with van der Waals surface area (Å²) in [5.41, 5.74) is -5.25. The number of aromatic amines is 1. The van der Waals surface area contributed by atoms with Crippen LogP contribution in [0.5, 0.6) is 0 Å². The zero-order valence-electron chi connectivity index (χ0n) is 16.4. The molecule has 0 radical (unpaired) electrons. The third kappa shape index (κ3) is 6.74. The SMILES string of the molecule is CC#C[C@@]1(F)C(O)[C@@H]([C@H](C)OP(=O)(O)OP(=O)(O)OP(=O)(O)O)O[C@H]1n1ncc(=O)[nH]c1=O. The van der Waals surface area contributed by atoms with Gasteiger partial charge in [-0.25, -0.2) is 22.9 Å². The molecule has 0 aliphatic carbocycles. The number of nitrogens with one attached hydrogen (secondary N) is 1. The fraction of sp³-hybridized carbons (Fsp3) is 0.583. The first-order chi connectivity index (χ1) is 14.9. The van der Waals surface area contributed by atoms with Crippen LogP contribution < -0.4 is 11.2 Å². The number of aromatic nitrogens is 3. The highest BCUT2D eigenvalue weighted by Crippen LogP contribution is 2.66. The van der Waals surface area contributed by atoms with E-state index in [1.807, 2.05) is 5.92 Å². The third-order valence-electron chi connectivity index (χ3n) is 3.84. The van der Waals surface area contributed by atoms with Gasteiger partial charge in [-0.1, -0.05) is 5.92 Å². The Morgan fingerprint density at radius 3 is 2.36 bits per heavy atom. The molecule has 0 amide bonds. The molecule has 2 rings (SSSR count). The lowest BCUT2D eigenvalue weighted by molar-refractivity contribution is -0.0829. The Labute approximate surface area is 182 Å². The third-order valence-corrected chi connectivity index (χ3v) is 7.77. The van der Waals surface area contributed by atoms with E-state index in [0.29, 0.717) is 10.9 Å². The average molecular weight is 539 g/mol. The van der Waals surface area contributed by atoms with Gasteiger partial charge in [0.2, 0.25) is 11.9 Å². The Balaban J connectivity index is 2.32. The molecule has 7 atom stereocenters. The van der Waals surface area contributed by atoms with Crippen LogP contribution in [0, 0.1) is 11.8 Å². The van der Waals surface area contributed by atoms with Gasteiger partial charge in [0.1, 0.15) is 18.4 Å². The summed E-state index contributed by atoms with van der Waals surface area (Å²) in [4.78, 5) is 60.8. The summed E-state index contributed by atoms with van der Waals surface area (Å²) >= 11 is 0. The van der Waals surface area contributed by atoms with Crippen molar-refractivity contribution in [1.29, 1.82) is 0 Å². The summed E-state index contributed by atoms with van der Waals surface area (Å²) in [6.07, 6.45) is -7.52. The smallest absolute Gasteiger partial charge is 0.386 e. The molecule has 1 fully saturated rings. The van der Waals surface area contributed by atoms with E-state index in [1.54, 1.807) is 4.98 Å². The Morgan fingerprint density at radius 1 is 1.24 bits per heavy atom. The summed E-state index contributed by atoms with van der Waals surface area (Å²) < 4.78 is 66.8. The Hall–Kier alpha value is -1.57. The van der Waals surface area contributed by atoms with Crippen LogP contribution in [-0.2, 0) is 31.6 Å². The van der Waals surface area contributed by atoms with Crippen molar-refractivity contribution in [1.82, 2.24) is 14.8 Å². The predicted octanol–water partition coefficient (Wildman–Crippen LogP) is -1.35. The molecule has 1 aliphatic heterocycles. The maximum Gasteiger partial charge on any atom is 0.490 e. The molecule has 1 aromatic rings. The number of phosphoric ester groups is 1. The van der Waals surface area contributed by atoms with E-state index in [0.717, 1.165) is 6.92 Å². The number of aliphatic hydroxyl groups excluding tert-OH is 1. The van der Waals surface area contributed by atoms with Crippen LogP contribution in [0.4, 0.5) is 4.39 Å². The minimum Gasteiger partial charge on any atom is -0.386 e. The quantitative estimate of drug-likeness (QED) is 0.165. The zero-order chi connectivity index (χ0) is 25.4. The number of hydrogen-bond donors (Lipinski definition) is 6. The Kier molecular flexibility index (Phi) is 8.04. The second kappa shape index (κ2) is 9.59. The molecule has 0 spiro atoms. The van der Waals surface area contributed by atoms with Crippen LogP contribution in [0.25, 0.3) is 0 Å². The van der Waals surface area contributed by atoms with E-state index < -0.39 is 64.9 Å². The standard InChI is InChI=1S/C12H17FN3O14P3/c1-3-4-12(13)9(18)8(27-10(12)16-11(19)15-7(17)5-14-16)6(2)28-32(23,24)30-33(25,26)29-31(20,21)22/h5-6,8-10,18H,1-2H3,(H,23,24)(H,25,26)(H,15,17,19)(H2,20,21,22)/t6-,8+,9?,10+,12+/m0/s1. The molecule has 1 aromatic heterocycles. The maximum atomic E-state index is 15.6. The molecule has 1 aliphatic rings. The highest BCUT2D eigenvalue weighted by molar-refractivity contribution is 7.66. The minimum atomic E-state index is -5.84. The molecular weight excluding hydrogens is 522 g/mol. The zero-order valence-corrected chi connectivity index (χ0v) is 19.1. The van der Waals surface area contributed by atoms with Gasteiger partial charge in [-0.2, -0.15) is 18.4 Å². The summed E-state index contributed by atoms with van der Waals surface area (Å²) in [5.74, 6) is 4.14. The van der Waals surface area contributed by atoms with E-state index >= 15 is 4.39 Å². The minimum absolute atomic E-state index is 0.298. The molecule has 6 N–H and O–H groups in total. The predicted molar refractivity (Wildman–Crippen MR) is 101 cm³/mol. The molecule has 1 saturated heterocycles. The van der Waals surface area contributed by atoms with Crippen LogP contribution in [-0.4, -0.2) is 63.4 Å². The van der Waals surface area contributed by atoms with Crippen molar-refractivity contribution in [3.05, 3.63) is 27.0 Å². The number of hydrogen-bond acceptors (Lipinski definition) is 11. The van der Waals surface area contributed by atoms with Crippen molar-refractivity contribution < 1.29 is 60.6 Å². The van der Waals surface area contributed by atoms with Crippen LogP contribution in [0.2, 0.25) is 0 Å². The first kappa shape index (κ1) is 27.7. The Morgan fingerprint density at radius 2 is 1.85 bits per heavy atom. The molecule has 21 heteroatoms. The lowest BCUT2D eigenvalue weighted by Crippen LogP contribution is -2.46. The average Bonchev–Trinajstić information content (AvgIpc) is 2.83. The van der Waals surface area contributed by atoms with Gasteiger partial charge in [-0.05, 0) is 13.8 Å². The van der Waals surface area contributed by atoms with Crippen molar-refractivity contribution in [3.8, 4) is 11.8 Å². The van der Waals surface area contributed by atoms with E-state index in [1.165, 1.54) is 6.92 Å².